The van der Waals surface area contributed by atoms with Gasteiger partial charge in [-0.2, -0.15) is 5.26 Å². The summed E-state index contributed by atoms with van der Waals surface area (Å²) in [6.07, 6.45) is 6.77. The Balaban J connectivity index is 2.00. The van der Waals surface area contributed by atoms with Gasteiger partial charge in [0.2, 0.25) is 0 Å². The number of carbonyl (C=O) groups excluding carboxylic acids is 1. The van der Waals surface area contributed by atoms with E-state index in [9.17, 15) is 10.1 Å². The molecule has 0 fully saturated rings. The molecule has 0 bridgehead atoms. The van der Waals surface area contributed by atoms with Crippen LogP contribution in [0, 0.1) is 11.3 Å². The Morgan fingerprint density at radius 2 is 1.96 bits per heavy atom. The molecule has 0 unspecified atom stereocenters. The standard InChI is InChI=1S/C21H23N3OS/c1-3-4-6-16-9-11-18(12-10-16)24-21(25)17(14-22)15-23-19-7-5-8-20(13-19)26-2/h5,7-13,15,23H,3-4,6H2,1-2H3,(H,24,25)/b17-15-. The fraction of sp³-hybridized carbons (Fsp3) is 0.238. The molecule has 0 saturated heterocycles. The highest BCUT2D eigenvalue weighted by atomic mass is 32.2. The fourth-order valence-corrected chi connectivity index (χ4v) is 2.81. The van der Waals surface area contributed by atoms with E-state index in [0.29, 0.717) is 5.69 Å². The predicted molar refractivity (Wildman–Crippen MR) is 109 cm³/mol. The molecule has 0 spiro atoms. The second-order valence-corrected chi connectivity index (χ2v) is 6.68. The third-order valence-electron chi connectivity index (χ3n) is 3.85. The van der Waals surface area contributed by atoms with Crippen molar-refractivity contribution in [3.05, 3.63) is 65.9 Å². The van der Waals surface area contributed by atoms with Gasteiger partial charge in [-0.05, 0) is 55.0 Å². The Bertz CT molecular complexity index is 807. The molecule has 26 heavy (non-hydrogen) atoms. The minimum Gasteiger partial charge on any atom is -0.360 e. The third-order valence-corrected chi connectivity index (χ3v) is 4.57. The molecule has 0 aromatic heterocycles. The molecule has 0 aliphatic carbocycles. The maximum atomic E-state index is 12.3. The molecule has 0 atom stereocenters. The SMILES string of the molecule is CCCCc1ccc(NC(=O)/C(C#N)=C\Nc2cccc(SC)c2)cc1. The molecule has 5 heteroatoms. The van der Waals surface area contributed by atoms with Crippen LogP contribution in [-0.2, 0) is 11.2 Å². The van der Waals surface area contributed by atoms with E-state index in [2.05, 4.69) is 17.6 Å². The summed E-state index contributed by atoms with van der Waals surface area (Å²) in [6.45, 7) is 2.16. The monoisotopic (exact) mass is 365 g/mol. The van der Waals surface area contributed by atoms with Crippen LogP contribution in [0.4, 0.5) is 11.4 Å². The van der Waals surface area contributed by atoms with Gasteiger partial charge in [-0.15, -0.1) is 11.8 Å². The van der Waals surface area contributed by atoms with Crippen molar-refractivity contribution in [2.24, 2.45) is 0 Å². The van der Waals surface area contributed by atoms with Gasteiger partial charge >= 0.3 is 0 Å². The van der Waals surface area contributed by atoms with Gasteiger partial charge in [0, 0.05) is 22.5 Å². The van der Waals surface area contributed by atoms with E-state index in [1.807, 2.05) is 60.9 Å². The number of anilines is 2. The van der Waals surface area contributed by atoms with E-state index in [1.165, 1.54) is 11.8 Å². The number of rotatable bonds is 8. The number of nitriles is 1. The summed E-state index contributed by atoms with van der Waals surface area (Å²) in [6, 6.07) is 17.5. The normalized spacial score (nSPS) is 10.9. The van der Waals surface area contributed by atoms with E-state index in [1.54, 1.807) is 11.8 Å². The molecule has 0 aliphatic rings. The van der Waals surface area contributed by atoms with Gasteiger partial charge in [-0.25, -0.2) is 0 Å². The lowest BCUT2D eigenvalue weighted by Crippen LogP contribution is -2.14. The van der Waals surface area contributed by atoms with Gasteiger partial charge in [-0.3, -0.25) is 4.79 Å². The summed E-state index contributed by atoms with van der Waals surface area (Å²) in [4.78, 5) is 13.4. The van der Waals surface area contributed by atoms with E-state index < -0.39 is 5.91 Å². The van der Waals surface area contributed by atoms with E-state index >= 15 is 0 Å². The van der Waals surface area contributed by atoms with E-state index in [-0.39, 0.29) is 5.57 Å². The summed E-state index contributed by atoms with van der Waals surface area (Å²) in [5, 5.41) is 15.0. The Morgan fingerprint density at radius 3 is 2.62 bits per heavy atom. The molecule has 134 valence electrons. The first kappa shape index (κ1) is 19.6. The summed E-state index contributed by atoms with van der Waals surface area (Å²) in [7, 11) is 0. The molecule has 0 heterocycles. The van der Waals surface area contributed by atoms with Crippen molar-refractivity contribution in [1.29, 1.82) is 5.26 Å². The van der Waals surface area contributed by atoms with Gasteiger partial charge in [0.25, 0.3) is 5.91 Å². The minimum absolute atomic E-state index is 0.0228. The first-order valence-corrected chi connectivity index (χ1v) is 9.80. The lowest BCUT2D eigenvalue weighted by molar-refractivity contribution is -0.112. The second-order valence-electron chi connectivity index (χ2n) is 5.80. The number of amides is 1. The maximum absolute atomic E-state index is 12.3. The highest BCUT2D eigenvalue weighted by Gasteiger charge is 2.09. The van der Waals surface area contributed by atoms with Crippen molar-refractivity contribution < 1.29 is 4.79 Å². The molecule has 4 nitrogen and oxygen atoms in total. The van der Waals surface area contributed by atoms with Crippen LogP contribution in [0.1, 0.15) is 25.3 Å². The molecule has 2 aromatic carbocycles. The van der Waals surface area contributed by atoms with Gasteiger partial charge < -0.3 is 10.6 Å². The molecule has 1 amide bonds. The highest BCUT2D eigenvalue weighted by Crippen LogP contribution is 2.19. The van der Waals surface area contributed by atoms with Crippen LogP contribution < -0.4 is 10.6 Å². The average molecular weight is 366 g/mol. The van der Waals surface area contributed by atoms with Crippen LogP contribution in [0.15, 0.2) is 65.2 Å². The van der Waals surface area contributed by atoms with Crippen LogP contribution in [0.3, 0.4) is 0 Å². The number of thioether (sulfide) groups is 1. The summed E-state index contributed by atoms with van der Waals surface area (Å²) in [5.41, 5.74) is 2.78. The van der Waals surface area contributed by atoms with Crippen molar-refractivity contribution in [3.63, 3.8) is 0 Å². The Morgan fingerprint density at radius 1 is 1.19 bits per heavy atom. The molecule has 0 saturated carbocycles. The van der Waals surface area contributed by atoms with Crippen molar-refractivity contribution >= 4 is 29.0 Å². The molecule has 0 radical (unpaired) electrons. The van der Waals surface area contributed by atoms with E-state index in [4.69, 9.17) is 0 Å². The Hall–Kier alpha value is -2.71. The van der Waals surface area contributed by atoms with Crippen molar-refractivity contribution in [2.75, 3.05) is 16.9 Å². The summed E-state index contributed by atoms with van der Waals surface area (Å²) >= 11 is 1.63. The summed E-state index contributed by atoms with van der Waals surface area (Å²) in [5.74, 6) is -0.428. The zero-order valence-electron chi connectivity index (χ0n) is 15.1. The first-order valence-electron chi connectivity index (χ1n) is 8.57. The average Bonchev–Trinajstić information content (AvgIpc) is 2.68. The lowest BCUT2D eigenvalue weighted by atomic mass is 10.1. The number of hydrogen-bond acceptors (Lipinski definition) is 4. The molecular weight excluding hydrogens is 342 g/mol. The second kappa shape index (κ2) is 10.3. The topological polar surface area (TPSA) is 64.9 Å². The fourth-order valence-electron chi connectivity index (χ4n) is 2.35. The van der Waals surface area contributed by atoms with Crippen LogP contribution in [0.5, 0.6) is 0 Å². The van der Waals surface area contributed by atoms with Gasteiger partial charge in [-0.1, -0.05) is 31.5 Å². The molecule has 2 aromatic rings. The number of aryl methyl sites for hydroxylation is 1. The number of hydrogen-bond donors (Lipinski definition) is 2. The number of nitrogens with zero attached hydrogens (tertiary/aromatic N) is 1. The van der Waals surface area contributed by atoms with Crippen LogP contribution in [-0.4, -0.2) is 12.2 Å². The lowest BCUT2D eigenvalue weighted by Gasteiger charge is -2.07. The number of nitrogens with one attached hydrogen (secondary N) is 2. The number of unbranched alkanes of at least 4 members (excludes halogenated alkanes) is 1. The van der Waals surface area contributed by atoms with Gasteiger partial charge in [0.1, 0.15) is 11.6 Å². The smallest absolute Gasteiger partial charge is 0.267 e. The Kier molecular flexibility index (Phi) is 7.78. The highest BCUT2D eigenvalue weighted by molar-refractivity contribution is 7.98. The van der Waals surface area contributed by atoms with Crippen molar-refractivity contribution in [1.82, 2.24) is 0 Å². The zero-order valence-corrected chi connectivity index (χ0v) is 15.9. The maximum Gasteiger partial charge on any atom is 0.267 e. The van der Waals surface area contributed by atoms with Crippen LogP contribution >= 0.6 is 11.8 Å². The van der Waals surface area contributed by atoms with Crippen LogP contribution in [0.2, 0.25) is 0 Å². The van der Waals surface area contributed by atoms with Gasteiger partial charge in [0.05, 0.1) is 0 Å². The summed E-state index contributed by atoms with van der Waals surface area (Å²) < 4.78 is 0. The molecule has 2 rings (SSSR count). The first-order chi connectivity index (χ1) is 12.7. The number of carbonyl (C=O) groups is 1. The zero-order chi connectivity index (χ0) is 18.8. The number of benzene rings is 2. The predicted octanol–water partition coefficient (Wildman–Crippen LogP) is 5.21. The van der Waals surface area contributed by atoms with Crippen LogP contribution in [0.25, 0.3) is 0 Å². The minimum atomic E-state index is -0.428. The molecule has 2 N–H and O–H groups in total. The van der Waals surface area contributed by atoms with Crippen molar-refractivity contribution in [3.8, 4) is 6.07 Å². The quantitative estimate of drug-likeness (QED) is 0.383. The van der Waals surface area contributed by atoms with E-state index in [0.717, 1.165) is 29.8 Å². The van der Waals surface area contributed by atoms with Crippen molar-refractivity contribution in [2.45, 2.75) is 31.1 Å². The Labute approximate surface area is 159 Å². The molecule has 0 aliphatic heterocycles. The third kappa shape index (κ3) is 5.98. The largest absolute Gasteiger partial charge is 0.360 e. The molecular formula is C21H23N3OS. The van der Waals surface area contributed by atoms with Gasteiger partial charge in [0.15, 0.2) is 0 Å².